The third-order valence-electron chi connectivity index (χ3n) is 6.19. The van der Waals surface area contributed by atoms with Gasteiger partial charge in [-0.2, -0.15) is 0 Å². The minimum atomic E-state index is 0.685. The van der Waals surface area contributed by atoms with Gasteiger partial charge in [-0.25, -0.2) is 15.0 Å². The molecule has 166 valence electrons. The van der Waals surface area contributed by atoms with Gasteiger partial charge in [0.1, 0.15) is 5.82 Å². The Kier molecular flexibility index (Phi) is 5.44. The summed E-state index contributed by atoms with van der Waals surface area (Å²) in [5.74, 6) is 0.764. The molecule has 0 aliphatic heterocycles. The lowest BCUT2D eigenvalue weighted by Gasteiger charge is -2.24. The van der Waals surface area contributed by atoms with E-state index < -0.39 is 0 Å². The molecule has 1 N–H and O–H groups in total. The van der Waals surface area contributed by atoms with Crippen molar-refractivity contribution in [2.24, 2.45) is 0 Å². The fraction of sp³-hybridized carbons (Fsp3) is 0.107. The second kappa shape index (κ2) is 8.75. The quantitative estimate of drug-likeness (QED) is 0.212. The summed E-state index contributed by atoms with van der Waals surface area (Å²) < 4.78 is 0. The predicted molar refractivity (Wildman–Crippen MR) is 142 cm³/mol. The first-order valence-corrected chi connectivity index (χ1v) is 12.8. The van der Waals surface area contributed by atoms with E-state index in [0.29, 0.717) is 15.8 Å². The lowest BCUT2D eigenvalue weighted by atomic mass is 9.84. The minimum absolute atomic E-state index is 0.685. The van der Waals surface area contributed by atoms with E-state index >= 15 is 0 Å². The van der Waals surface area contributed by atoms with E-state index in [0.717, 1.165) is 46.6 Å². The van der Waals surface area contributed by atoms with Crippen LogP contribution in [0.1, 0.15) is 11.1 Å². The van der Waals surface area contributed by atoms with Crippen LogP contribution in [0, 0.1) is 0 Å². The first-order valence-electron chi connectivity index (χ1n) is 11.2. The number of fused-ring (bicyclic) bond motifs is 4. The van der Waals surface area contributed by atoms with Gasteiger partial charge in [-0.05, 0) is 60.1 Å². The summed E-state index contributed by atoms with van der Waals surface area (Å²) in [5.41, 5.74) is 8.62. The number of para-hydroxylation sites is 1. The highest BCUT2D eigenvalue weighted by Gasteiger charge is 2.26. The van der Waals surface area contributed by atoms with E-state index in [1.165, 1.54) is 28.5 Å². The van der Waals surface area contributed by atoms with Gasteiger partial charge in [-0.3, -0.25) is 0 Å². The Balaban J connectivity index is 1.71. The van der Waals surface area contributed by atoms with Crippen molar-refractivity contribution in [3.63, 3.8) is 0 Å². The standard InChI is InChI=1S/C28H21ClN4S/c1-34-28-32-26(30-20-8-3-2-4-9-20)24-23(18-11-14-19(29)15-12-18)22-16-13-17-7-5-6-10-21(17)25(22)31-27(24)33-28/h2-12,14-15H,13,16H2,1H3,(H,30,31,32,33). The van der Waals surface area contributed by atoms with Gasteiger partial charge < -0.3 is 5.32 Å². The topological polar surface area (TPSA) is 50.7 Å². The average Bonchev–Trinajstić information content (AvgIpc) is 2.88. The molecule has 0 fully saturated rings. The highest BCUT2D eigenvalue weighted by atomic mass is 35.5. The molecule has 4 nitrogen and oxygen atoms in total. The molecule has 0 amide bonds. The van der Waals surface area contributed by atoms with Crippen molar-refractivity contribution >= 4 is 45.9 Å². The number of nitrogens with one attached hydrogen (secondary N) is 1. The maximum absolute atomic E-state index is 6.25. The molecule has 1 aliphatic carbocycles. The number of halogens is 1. The Labute approximate surface area is 207 Å². The second-order valence-electron chi connectivity index (χ2n) is 8.23. The number of hydrogen-bond acceptors (Lipinski definition) is 5. The molecule has 0 radical (unpaired) electrons. The first kappa shape index (κ1) is 21.1. The van der Waals surface area contributed by atoms with Crippen molar-refractivity contribution in [1.29, 1.82) is 0 Å². The second-order valence-corrected chi connectivity index (χ2v) is 9.44. The number of pyridine rings is 1. The zero-order valence-corrected chi connectivity index (χ0v) is 20.1. The van der Waals surface area contributed by atoms with Crippen LogP contribution in [-0.2, 0) is 12.8 Å². The van der Waals surface area contributed by atoms with Gasteiger partial charge in [0.2, 0.25) is 0 Å². The molecule has 0 bridgehead atoms. The van der Waals surface area contributed by atoms with E-state index in [9.17, 15) is 0 Å². The van der Waals surface area contributed by atoms with Crippen LogP contribution < -0.4 is 5.32 Å². The van der Waals surface area contributed by atoms with Gasteiger partial charge in [0.25, 0.3) is 0 Å². The number of rotatable bonds is 4. The van der Waals surface area contributed by atoms with Crippen molar-refractivity contribution in [1.82, 2.24) is 15.0 Å². The van der Waals surface area contributed by atoms with Crippen molar-refractivity contribution < 1.29 is 0 Å². The Morgan fingerprint density at radius 1 is 0.824 bits per heavy atom. The van der Waals surface area contributed by atoms with E-state index in [1.807, 2.05) is 48.7 Å². The van der Waals surface area contributed by atoms with Gasteiger partial charge >= 0.3 is 0 Å². The fourth-order valence-electron chi connectivity index (χ4n) is 4.65. The van der Waals surface area contributed by atoms with Crippen molar-refractivity contribution in [2.45, 2.75) is 18.0 Å². The minimum Gasteiger partial charge on any atom is -0.340 e. The lowest BCUT2D eigenvalue weighted by molar-refractivity contribution is 0.927. The lowest BCUT2D eigenvalue weighted by Crippen LogP contribution is -2.10. The largest absolute Gasteiger partial charge is 0.340 e. The van der Waals surface area contributed by atoms with Gasteiger partial charge in [0, 0.05) is 21.8 Å². The molecule has 3 aromatic carbocycles. The van der Waals surface area contributed by atoms with E-state index in [1.54, 1.807) is 0 Å². The van der Waals surface area contributed by atoms with Crippen LogP contribution in [0.4, 0.5) is 11.5 Å². The van der Waals surface area contributed by atoms with Crippen LogP contribution in [0.3, 0.4) is 0 Å². The molecule has 0 unspecified atom stereocenters. The van der Waals surface area contributed by atoms with Crippen LogP contribution in [0.2, 0.25) is 5.02 Å². The van der Waals surface area contributed by atoms with Gasteiger partial charge in [0.15, 0.2) is 10.8 Å². The average molecular weight is 481 g/mol. The Bertz CT molecular complexity index is 1520. The van der Waals surface area contributed by atoms with Crippen molar-refractivity contribution in [3.8, 4) is 22.4 Å². The monoisotopic (exact) mass is 480 g/mol. The summed E-state index contributed by atoms with van der Waals surface area (Å²) in [4.78, 5) is 14.9. The summed E-state index contributed by atoms with van der Waals surface area (Å²) in [6.45, 7) is 0. The number of nitrogens with zero attached hydrogens (tertiary/aromatic N) is 3. The molecule has 6 rings (SSSR count). The molecule has 34 heavy (non-hydrogen) atoms. The summed E-state index contributed by atoms with van der Waals surface area (Å²) in [5, 5.41) is 5.87. The first-order chi connectivity index (χ1) is 16.7. The molecule has 2 heterocycles. The maximum Gasteiger partial charge on any atom is 0.191 e. The Morgan fingerprint density at radius 2 is 1.59 bits per heavy atom. The van der Waals surface area contributed by atoms with Crippen LogP contribution in [0.25, 0.3) is 33.4 Å². The van der Waals surface area contributed by atoms with Crippen LogP contribution in [-0.4, -0.2) is 21.2 Å². The van der Waals surface area contributed by atoms with Crippen LogP contribution in [0.15, 0.2) is 84.0 Å². The molecule has 0 spiro atoms. The molecule has 0 saturated heterocycles. The highest BCUT2D eigenvalue weighted by Crippen LogP contribution is 2.43. The molecule has 1 aliphatic rings. The molecule has 0 atom stereocenters. The summed E-state index contributed by atoms with van der Waals surface area (Å²) >= 11 is 7.77. The van der Waals surface area contributed by atoms with E-state index in [4.69, 9.17) is 26.6 Å². The van der Waals surface area contributed by atoms with Crippen LogP contribution >= 0.6 is 23.4 Å². The van der Waals surface area contributed by atoms with Crippen molar-refractivity contribution in [2.75, 3.05) is 11.6 Å². The molecule has 2 aromatic heterocycles. The maximum atomic E-state index is 6.25. The molecule has 0 saturated carbocycles. The molecular weight excluding hydrogens is 460 g/mol. The summed E-state index contributed by atoms with van der Waals surface area (Å²) in [6.07, 6.45) is 3.87. The fourth-order valence-corrected chi connectivity index (χ4v) is 5.14. The predicted octanol–water partition coefficient (Wildman–Crippen LogP) is 7.58. The van der Waals surface area contributed by atoms with E-state index in [2.05, 4.69) is 41.7 Å². The molecule has 6 heteroatoms. The molecular formula is C28H21ClN4S. The Hall–Kier alpha value is -3.41. The van der Waals surface area contributed by atoms with E-state index in [-0.39, 0.29) is 0 Å². The number of aromatic nitrogens is 3. The summed E-state index contributed by atoms with van der Waals surface area (Å²) in [7, 11) is 0. The van der Waals surface area contributed by atoms with Crippen molar-refractivity contribution in [3.05, 3.63) is 95.0 Å². The number of thioether (sulfide) groups is 1. The summed E-state index contributed by atoms with van der Waals surface area (Å²) in [6, 6.07) is 26.7. The van der Waals surface area contributed by atoms with Gasteiger partial charge in [-0.15, -0.1) is 0 Å². The number of aryl methyl sites for hydroxylation is 1. The zero-order chi connectivity index (χ0) is 23.1. The number of hydrogen-bond donors (Lipinski definition) is 1. The highest BCUT2D eigenvalue weighted by molar-refractivity contribution is 7.98. The number of anilines is 2. The smallest absolute Gasteiger partial charge is 0.191 e. The molecule has 5 aromatic rings. The van der Waals surface area contributed by atoms with Crippen LogP contribution in [0.5, 0.6) is 0 Å². The third kappa shape index (κ3) is 3.71. The zero-order valence-electron chi connectivity index (χ0n) is 18.5. The van der Waals surface area contributed by atoms with Gasteiger partial charge in [0.05, 0.1) is 11.1 Å². The normalized spacial score (nSPS) is 12.3. The SMILES string of the molecule is CSc1nc(Nc2ccccc2)c2c(-c3ccc(Cl)cc3)c3c(nc2n1)-c1ccccc1CC3. The third-order valence-corrected chi connectivity index (χ3v) is 6.99. The number of benzene rings is 3. The Morgan fingerprint density at radius 3 is 2.38 bits per heavy atom. The van der Waals surface area contributed by atoms with Gasteiger partial charge in [-0.1, -0.05) is 78.0 Å².